The Bertz CT molecular complexity index is 576. The molecule has 2 N–H and O–H groups in total. The number of nitrogens with zero attached hydrogens (tertiary/aromatic N) is 2. The monoisotopic (exact) mass is 321 g/mol. The van der Waals surface area contributed by atoms with Crippen LogP contribution in [0.3, 0.4) is 0 Å². The SMILES string of the molecule is CC(O)C1CCCN(C(C)C(=O)Nc2ccccc2[N+](=O)[O-])C1. The summed E-state index contributed by atoms with van der Waals surface area (Å²) in [6.45, 7) is 5.00. The number of carbonyl (C=O) groups is 1. The van der Waals surface area contributed by atoms with Gasteiger partial charge < -0.3 is 10.4 Å². The molecule has 1 aromatic rings. The summed E-state index contributed by atoms with van der Waals surface area (Å²) in [5.74, 6) is -0.115. The van der Waals surface area contributed by atoms with Crippen LogP contribution >= 0.6 is 0 Å². The summed E-state index contributed by atoms with van der Waals surface area (Å²) in [6, 6.07) is 5.70. The van der Waals surface area contributed by atoms with Crippen molar-refractivity contribution >= 4 is 17.3 Å². The second-order valence-corrected chi connectivity index (χ2v) is 6.08. The molecule has 23 heavy (non-hydrogen) atoms. The molecule has 0 bridgehead atoms. The molecule has 0 radical (unpaired) electrons. The van der Waals surface area contributed by atoms with E-state index in [-0.39, 0.29) is 23.2 Å². The Morgan fingerprint density at radius 1 is 1.43 bits per heavy atom. The molecule has 7 heteroatoms. The summed E-state index contributed by atoms with van der Waals surface area (Å²) >= 11 is 0. The largest absolute Gasteiger partial charge is 0.393 e. The predicted molar refractivity (Wildman–Crippen MR) is 87.2 cm³/mol. The van der Waals surface area contributed by atoms with E-state index in [1.807, 2.05) is 4.90 Å². The van der Waals surface area contributed by atoms with E-state index in [0.717, 1.165) is 19.4 Å². The summed E-state index contributed by atoms with van der Waals surface area (Å²) in [5.41, 5.74) is 0.0898. The summed E-state index contributed by atoms with van der Waals surface area (Å²) in [7, 11) is 0. The molecule has 7 nitrogen and oxygen atoms in total. The first-order chi connectivity index (χ1) is 10.9. The zero-order valence-corrected chi connectivity index (χ0v) is 13.4. The van der Waals surface area contributed by atoms with Crippen molar-refractivity contribution < 1.29 is 14.8 Å². The highest BCUT2D eigenvalue weighted by molar-refractivity contribution is 5.96. The Labute approximate surface area is 135 Å². The van der Waals surface area contributed by atoms with Gasteiger partial charge in [0.15, 0.2) is 0 Å². The van der Waals surface area contributed by atoms with Crippen LogP contribution in [0, 0.1) is 16.0 Å². The van der Waals surface area contributed by atoms with Gasteiger partial charge in [0.2, 0.25) is 5.91 Å². The number of nitrogens with one attached hydrogen (secondary N) is 1. The van der Waals surface area contributed by atoms with Crippen molar-refractivity contribution in [3.8, 4) is 0 Å². The average molecular weight is 321 g/mol. The maximum Gasteiger partial charge on any atom is 0.292 e. The topological polar surface area (TPSA) is 95.7 Å². The number of amides is 1. The highest BCUT2D eigenvalue weighted by atomic mass is 16.6. The van der Waals surface area contributed by atoms with Gasteiger partial charge in [-0.3, -0.25) is 19.8 Å². The lowest BCUT2D eigenvalue weighted by molar-refractivity contribution is -0.383. The minimum atomic E-state index is -0.509. The number of rotatable bonds is 5. The molecular formula is C16H23N3O4. The number of piperidine rings is 1. The second kappa shape index (κ2) is 7.52. The third-order valence-electron chi connectivity index (χ3n) is 4.46. The van der Waals surface area contributed by atoms with Gasteiger partial charge in [0.25, 0.3) is 5.69 Å². The van der Waals surface area contributed by atoms with Crippen LogP contribution in [0.1, 0.15) is 26.7 Å². The van der Waals surface area contributed by atoms with Crippen LogP contribution in [0.2, 0.25) is 0 Å². The first-order valence-corrected chi connectivity index (χ1v) is 7.86. The van der Waals surface area contributed by atoms with Crippen molar-refractivity contribution in [3.05, 3.63) is 34.4 Å². The minimum absolute atomic E-state index is 0.117. The molecule has 3 unspecified atom stereocenters. The molecule has 1 aliphatic heterocycles. The van der Waals surface area contributed by atoms with E-state index in [0.29, 0.717) is 6.54 Å². The number of anilines is 1. The Kier molecular flexibility index (Phi) is 5.68. The third-order valence-corrected chi connectivity index (χ3v) is 4.46. The van der Waals surface area contributed by atoms with Gasteiger partial charge in [-0.25, -0.2) is 0 Å². The Balaban J connectivity index is 2.04. The van der Waals surface area contributed by atoms with Gasteiger partial charge in [-0.15, -0.1) is 0 Å². The number of benzene rings is 1. The van der Waals surface area contributed by atoms with E-state index in [9.17, 15) is 20.0 Å². The number of aliphatic hydroxyl groups excluding tert-OH is 1. The van der Waals surface area contributed by atoms with Gasteiger partial charge >= 0.3 is 0 Å². The van der Waals surface area contributed by atoms with E-state index in [4.69, 9.17) is 0 Å². The number of nitro groups is 1. The number of aliphatic hydroxyl groups is 1. The molecule has 1 heterocycles. The lowest BCUT2D eigenvalue weighted by atomic mass is 9.92. The van der Waals surface area contributed by atoms with E-state index >= 15 is 0 Å². The molecule has 1 fully saturated rings. The van der Waals surface area contributed by atoms with E-state index in [1.165, 1.54) is 12.1 Å². The average Bonchev–Trinajstić information content (AvgIpc) is 2.54. The summed E-state index contributed by atoms with van der Waals surface area (Å²) in [6.07, 6.45) is 1.48. The number of hydrogen-bond donors (Lipinski definition) is 2. The van der Waals surface area contributed by atoms with Crippen molar-refractivity contribution in [2.24, 2.45) is 5.92 Å². The maximum absolute atomic E-state index is 12.4. The number of likely N-dealkylation sites (tertiary alicyclic amines) is 1. The van der Waals surface area contributed by atoms with Crippen LogP contribution < -0.4 is 5.32 Å². The first-order valence-electron chi connectivity index (χ1n) is 7.86. The molecule has 1 amide bonds. The minimum Gasteiger partial charge on any atom is -0.393 e. The highest BCUT2D eigenvalue weighted by Gasteiger charge is 2.30. The third kappa shape index (κ3) is 4.27. The van der Waals surface area contributed by atoms with Crippen LogP contribution in [0.15, 0.2) is 24.3 Å². The van der Waals surface area contributed by atoms with Crippen LogP contribution in [-0.2, 0) is 4.79 Å². The smallest absolute Gasteiger partial charge is 0.292 e. The van der Waals surface area contributed by atoms with Crippen molar-refractivity contribution in [3.63, 3.8) is 0 Å². The fraction of sp³-hybridized carbons (Fsp3) is 0.562. The van der Waals surface area contributed by atoms with E-state index in [1.54, 1.807) is 26.0 Å². The molecule has 1 aromatic carbocycles. The lowest BCUT2D eigenvalue weighted by Gasteiger charge is -2.37. The molecule has 0 aliphatic carbocycles. The quantitative estimate of drug-likeness (QED) is 0.639. The van der Waals surface area contributed by atoms with Gasteiger partial charge in [-0.1, -0.05) is 12.1 Å². The zero-order chi connectivity index (χ0) is 17.0. The first kappa shape index (κ1) is 17.4. The molecular weight excluding hydrogens is 298 g/mol. The summed E-state index contributed by atoms with van der Waals surface area (Å²) in [5, 5.41) is 23.4. The fourth-order valence-electron chi connectivity index (χ4n) is 2.93. The Morgan fingerprint density at radius 3 is 2.78 bits per heavy atom. The van der Waals surface area contributed by atoms with Gasteiger partial charge in [0.05, 0.1) is 17.1 Å². The number of para-hydroxylation sites is 2. The number of nitro benzene ring substituents is 1. The van der Waals surface area contributed by atoms with Crippen LogP contribution in [-0.4, -0.2) is 46.1 Å². The number of carbonyl (C=O) groups excluding carboxylic acids is 1. The van der Waals surface area contributed by atoms with Crippen molar-refractivity contribution in [1.29, 1.82) is 0 Å². The molecule has 1 saturated heterocycles. The van der Waals surface area contributed by atoms with Crippen molar-refractivity contribution in [2.45, 2.75) is 38.8 Å². The van der Waals surface area contributed by atoms with Crippen molar-refractivity contribution in [1.82, 2.24) is 4.90 Å². The van der Waals surface area contributed by atoms with Gasteiger partial charge in [0.1, 0.15) is 5.69 Å². The van der Waals surface area contributed by atoms with Crippen LogP contribution in [0.4, 0.5) is 11.4 Å². The predicted octanol–water partition coefficient (Wildman–Crippen LogP) is 2.01. The lowest BCUT2D eigenvalue weighted by Crippen LogP contribution is -2.48. The van der Waals surface area contributed by atoms with Crippen molar-refractivity contribution in [2.75, 3.05) is 18.4 Å². The molecule has 0 saturated carbocycles. The number of hydrogen-bond acceptors (Lipinski definition) is 5. The Morgan fingerprint density at radius 2 is 2.13 bits per heavy atom. The van der Waals surface area contributed by atoms with Gasteiger partial charge in [-0.05, 0) is 45.2 Å². The molecule has 3 atom stereocenters. The molecule has 1 aliphatic rings. The molecule has 2 rings (SSSR count). The highest BCUT2D eigenvalue weighted by Crippen LogP contribution is 2.25. The van der Waals surface area contributed by atoms with E-state index < -0.39 is 17.1 Å². The van der Waals surface area contributed by atoms with E-state index in [2.05, 4.69) is 5.32 Å². The normalized spacial score (nSPS) is 21.4. The molecule has 0 aromatic heterocycles. The summed E-state index contributed by atoms with van der Waals surface area (Å²) in [4.78, 5) is 24.9. The standard InChI is InChI=1S/C16H23N3O4/c1-11(18-9-5-6-13(10-18)12(2)20)16(21)17-14-7-3-4-8-15(14)19(22)23/h3-4,7-8,11-13,20H,5-6,9-10H2,1-2H3,(H,17,21). The summed E-state index contributed by atoms with van der Waals surface area (Å²) < 4.78 is 0. The maximum atomic E-state index is 12.4. The zero-order valence-electron chi connectivity index (χ0n) is 13.4. The molecule has 126 valence electrons. The second-order valence-electron chi connectivity index (χ2n) is 6.08. The van der Waals surface area contributed by atoms with Gasteiger partial charge in [-0.2, -0.15) is 0 Å². The van der Waals surface area contributed by atoms with Crippen LogP contribution in [0.5, 0.6) is 0 Å². The van der Waals surface area contributed by atoms with Gasteiger partial charge in [0, 0.05) is 12.6 Å². The Hall–Kier alpha value is -1.99. The van der Waals surface area contributed by atoms with Crippen LogP contribution in [0.25, 0.3) is 0 Å². The molecule has 0 spiro atoms. The fourth-order valence-corrected chi connectivity index (χ4v) is 2.93.